The molecule has 0 saturated carbocycles. The summed E-state index contributed by atoms with van der Waals surface area (Å²) in [6.07, 6.45) is 0.985. The largest absolute Gasteiger partial charge is 0.358 e. The van der Waals surface area contributed by atoms with Crippen molar-refractivity contribution >= 4 is 28.2 Å². The van der Waals surface area contributed by atoms with Crippen molar-refractivity contribution in [3.63, 3.8) is 0 Å². The molecule has 0 atom stereocenters. The summed E-state index contributed by atoms with van der Waals surface area (Å²) >= 11 is 5.78. The van der Waals surface area contributed by atoms with Crippen molar-refractivity contribution in [3.8, 4) is 0 Å². The second-order valence-electron chi connectivity index (χ2n) is 8.61. The number of pyridine rings is 1. The number of fused-ring (bicyclic) bond motifs is 1. The van der Waals surface area contributed by atoms with Crippen molar-refractivity contribution in [2.75, 3.05) is 26.2 Å². The third-order valence-corrected chi connectivity index (χ3v) is 6.52. The molecule has 1 aromatic heterocycles. The van der Waals surface area contributed by atoms with Gasteiger partial charge >= 0.3 is 0 Å². The van der Waals surface area contributed by atoms with E-state index in [0.717, 1.165) is 54.6 Å². The zero-order chi connectivity index (χ0) is 23.8. The molecule has 0 aliphatic heterocycles. The fourth-order valence-electron chi connectivity index (χ4n) is 4.20. The predicted molar refractivity (Wildman–Crippen MR) is 143 cm³/mol. The number of H-pyrrole nitrogens is 1. The van der Waals surface area contributed by atoms with Gasteiger partial charge in [-0.2, -0.15) is 0 Å². The highest BCUT2D eigenvalue weighted by atomic mass is 32.1. The number of hydrogen-bond donors (Lipinski definition) is 2. The van der Waals surface area contributed by atoms with Gasteiger partial charge in [-0.25, -0.2) is 0 Å². The third-order valence-electron chi connectivity index (χ3n) is 6.12. The van der Waals surface area contributed by atoms with E-state index in [2.05, 4.69) is 59.1 Å². The number of aromatic amines is 1. The molecule has 1 heterocycles. The summed E-state index contributed by atoms with van der Waals surface area (Å²) in [6, 6.07) is 16.4. The third kappa shape index (κ3) is 6.89. The second kappa shape index (κ2) is 12.0. The Balaban J connectivity index is 1.79. The summed E-state index contributed by atoms with van der Waals surface area (Å²) < 4.78 is 0. The van der Waals surface area contributed by atoms with Crippen LogP contribution in [0.25, 0.3) is 10.9 Å². The summed E-state index contributed by atoms with van der Waals surface area (Å²) in [5, 5.41) is 5.16. The lowest BCUT2D eigenvalue weighted by Crippen LogP contribution is -2.41. The van der Waals surface area contributed by atoms with E-state index < -0.39 is 0 Å². The van der Waals surface area contributed by atoms with Gasteiger partial charge in [0.25, 0.3) is 5.56 Å². The fourth-order valence-corrected chi connectivity index (χ4v) is 4.43. The second-order valence-corrected chi connectivity index (χ2v) is 9.00. The first kappa shape index (κ1) is 24.9. The zero-order valence-corrected chi connectivity index (χ0v) is 21.1. The average Bonchev–Trinajstić information content (AvgIpc) is 2.80. The van der Waals surface area contributed by atoms with Crippen LogP contribution in [0.5, 0.6) is 0 Å². The lowest BCUT2D eigenvalue weighted by atomic mass is 10.0. The zero-order valence-electron chi connectivity index (χ0n) is 20.3. The SMILES string of the molecule is CCN(CC)CCCN(Cc1cc2c(C)cc(C)cc2[nH]c1=O)C(=S)NCc1ccccc1. The van der Waals surface area contributed by atoms with Gasteiger partial charge in [0.15, 0.2) is 5.11 Å². The molecule has 0 aliphatic carbocycles. The quantitative estimate of drug-likeness (QED) is 0.424. The maximum Gasteiger partial charge on any atom is 0.253 e. The van der Waals surface area contributed by atoms with Crippen molar-refractivity contribution in [1.82, 2.24) is 20.1 Å². The highest BCUT2D eigenvalue weighted by Crippen LogP contribution is 2.19. The molecule has 0 unspecified atom stereocenters. The molecule has 176 valence electrons. The molecule has 3 aromatic rings. The van der Waals surface area contributed by atoms with Gasteiger partial charge in [0.05, 0.1) is 6.54 Å². The average molecular weight is 465 g/mol. The molecule has 0 spiro atoms. The Hall–Kier alpha value is -2.70. The summed E-state index contributed by atoms with van der Waals surface area (Å²) in [4.78, 5) is 20.5. The number of aromatic nitrogens is 1. The van der Waals surface area contributed by atoms with Gasteiger partial charge in [0.1, 0.15) is 0 Å². The first-order chi connectivity index (χ1) is 15.9. The van der Waals surface area contributed by atoms with Crippen LogP contribution in [-0.2, 0) is 13.1 Å². The van der Waals surface area contributed by atoms with Crippen LogP contribution in [0.15, 0.2) is 53.3 Å². The summed E-state index contributed by atoms with van der Waals surface area (Å²) in [5.41, 5.74) is 5.07. The van der Waals surface area contributed by atoms with Crippen molar-refractivity contribution in [1.29, 1.82) is 0 Å². The first-order valence-electron chi connectivity index (χ1n) is 11.8. The molecule has 3 rings (SSSR count). The van der Waals surface area contributed by atoms with E-state index in [1.165, 1.54) is 11.1 Å². The molecule has 0 aliphatic rings. The van der Waals surface area contributed by atoms with Gasteiger partial charge in [-0.1, -0.05) is 50.2 Å². The van der Waals surface area contributed by atoms with Crippen LogP contribution in [0.1, 0.15) is 42.5 Å². The molecular formula is C27H36N4OS. The maximum atomic E-state index is 12.9. The number of nitrogens with one attached hydrogen (secondary N) is 2. The van der Waals surface area contributed by atoms with Crippen LogP contribution in [0.4, 0.5) is 0 Å². The van der Waals surface area contributed by atoms with E-state index >= 15 is 0 Å². The lowest BCUT2D eigenvalue weighted by molar-refractivity contribution is 0.279. The number of aryl methyl sites for hydroxylation is 2. The lowest BCUT2D eigenvalue weighted by Gasteiger charge is -2.27. The van der Waals surface area contributed by atoms with E-state index in [1.54, 1.807) is 0 Å². The number of benzene rings is 2. The normalized spacial score (nSPS) is 11.2. The van der Waals surface area contributed by atoms with E-state index in [9.17, 15) is 4.79 Å². The van der Waals surface area contributed by atoms with E-state index in [1.807, 2.05) is 37.3 Å². The molecule has 6 heteroatoms. The topological polar surface area (TPSA) is 51.4 Å². The van der Waals surface area contributed by atoms with Crippen LogP contribution in [0.3, 0.4) is 0 Å². The highest BCUT2D eigenvalue weighted by Gasteiger charge is 2.14. The van der Waals surface area contributed by atoms with Crippen LogP contribution in [0.2, 0.25) is 0 Å². The summed E-state index contributed by atoms with van der Waals surface area (Å²) in [6.45, 7) is 13.5. The van der Waals surface area contributed by atoms with E-state index in [-0.39, 0.29) is 5.56 Å². The standard InChI is InChI=1S/C27H36N4OS/c1-5-30(6-2)13-10-14-31(27(33)28-18-22-11-8-7-9-12-22)19-23-17-24-21(4)15-20(3)16-25(24)29-26(23)32/h7-9,11-12,15-17H,5-6,10,13-14,18-19H2,1-4H3,(H,28,33)(H,29,32). The van der Waals surface area contributed by atoms with Gasteiger partial charge in [-0.05, 0) is 80.9 Å². The molecule has 0 fully saturated rings. The molecule has 2 aromatic carbocycles. The molecular weight excluding hydrogens is 428 g/mol. The minimum Gasteiger partial charge on any atom is -0.358 e. The number of nitrogens with zero attached hydrogens (tertiary/aromatic N) is 2. The summed E-state index contributed by atoms with van der Waals surface area (Å²) in [7, 11) is 0. The van der Waals surface area contributed by atoms with Gasteiger partial charge in [-0.3, -0.25) is 4.79 Å². The molecule has 0 saturated heterocycles. The molecule has 2 N–H and O–H groups in total. The Morgan fingerprint density at radius 3 is 2.45 bits per heavy atom. The van der Waals surface area contributed by atoms with Crippen molar-refractivity contribution in [2.24, 2.45) is 0 Å². The Labute approximate surface area is 202 Å². The minimum atomic E-state index is -0.0490. The van der Waals surface area contributed by atoms with Crippen molar-refractivity contribution < 1.29 is 0 Å². The van der Waals surface area contributed by atoms with Gasteiger partial charge in [-0.15, -0.1) is 0 Å². The van der Waals surface area contributed by atoms with Crippen molar-refractivity contribution in [2.45, 2.75) is 47.2 Å². The predicted octanol–water partition coefficient (Wildman–Crippen LogP) is 4.75. The molecule has 0 amide bonds. The summed E-state index contributed by atoms with van der Waals surface area (Å²) in [5.74, 6) is 0. The molecule has 5 nitrogen and oxygen atoms in total. The Kier molecular flexibility index (Phi) is 9.03. The number of thiocarbonyl (C=S) groups is 1. The van der Waals surface area contributed by atoms with Gasteiger partial charge < -0.3 is 20.1 Å². The Morgan fingerprint density at radius 2 is 1.76 bits per heavy atom. The van der Waals surface area contributed by atoms with Crippen LogP contribution in [0, 0.1) is 13.8 Å². The van der Waals surface area contributed by atoms with E-state index in [0.29, 0.717) is 18.2 Å². The molecule has 0 bridgehead atoms. The van der Waals surface area contributed by atoms with Crippen molar-refractivity contribution in [3.05, 3.63) is 81.1 Å². The molecule has 0 radical (unpaired) electrons. The van der Waals surface area contributed by atoms with Crippen LogP contribution in [-0.4, -0.2) is 46.1 Å². The number of hydrogen-bond acceptors (Lipinski definition) is 3. The van der Waals surface area contributed by atoms with Gasteiger partial charge in [0.2, 0.25) is 0 Å². The van der Waals surface area contributed by atoms with Crippen LogP contribution < -0.4 is 10.9 Å². The first-order valence-corrected chi connectivity index (χ1v) is 12.2. The fraction of sp³-hybridized carbons (Fsp3) is 0.407. The van der Waals surface area contributed by atoms with Gasteiger partial charge in [0, 0.05) is 29.6 Å². The Morgan fingerprint density at radius 1 is 1.03 bits per heavy atom. The number of rotatable bonds is 10. The Bertz CT molecular complexity index is 1120. The monoisotopic (exact) mass is 464 g/mol. The maximum absolute atomic E-state index is 12.9. The van der Waals surface area contributed by atoms with E-state index in [4.69, 9.17) is 12.2 Å². The minimum absolute atomic E-state index is 0.0490. The molecule has 33 heavy (non-hydrogen) atoms. The highest BCUT2D eigenvalue weighted by molar-refractivity contribution is 7.80. The smallest absolute Gasteiger partial charge is 0.253 e. The van der Waals surface area contributed by atoms with Crippen LogP contribution >= 0.6 is 12.2 Å².